The van der Waals surface area contributed by atoms with Gasteiger partial charge in [0.05, 0.1) is 13.0 Å². The molecule has 0 bridgehead atoms. The number of halogens is 5. The van der Waals surface area contributed by atoms with E-state index >= 15 is 0 Å². The predicted molar refractivity (Wildman–Crippen MR) is 57.9 cm³/mol. The quantitative estimate of drug-likeness (QED) is 0.668. The standard InChI is InChI=1S/C11H10F5NO4/c1-2-20-6(18)3-5-4-17-7(10(12)13)8(19)9(5)21-11(14,15)16/h4,10,19H,2-3H2,1H3. The van der Waals surface area contributed by atoms with Gasteiger partial charge in [0.1, 0.15) is 0 Å². The number of pyridine rings is 1. The molecule has 0 atom stereocenters. The minimum absolute atomic E-state index is 0.0250. The Morgan fingerprint density at radius 2 is 2.05 bits per heavy atom. The van der Waals surface area contributed by atoms with Gasteiger partial charge in [-0.15, -0.1) is 13.2 Å². The van der Waals surface area contributed by atoms with Crippen LogP contribution >= 0.6 is 0 Å². The molecule has 1 N–H and O–H groups in total. The molecule has 21 heavy (non-hydrogen) atoms. The van der Waals surface area contributed by atoms with Gasteiger partial charge in [0.15, 0.2) is 17.2 Å². The van der Waals surface area contributed by atoms with Crippen molar-refractivity contribution in [2.24, 2.45) is 0 Å². The number of nitrogens with zero attached hydrogens (tertiary/aromatic N) is 1. The summed E-state index contributed by atoms with van der Waals surface area (Å²) in [5.41, 5.74) is -1.80. The van der Waals surface area contributed by atoms with E-state index in [0.29, 0.717) is 6.20 Å². The van der Waals surface area contributed by atoms with Crippen molar-refractivity contribution in [3.05, 3.63) is 17.5 Å². The van der Waals surface area contributed by atoms with E-state index in [1.807, 2.05) is 0 Å². The molecule has 0 saturated heterocycles. The Balaban J connectivity index is 3.23. The maximum Gasteiger partial charge on any atom is 0.573 e. The molecule has 0 amide bonds. The van der Waals surface area contributed by atoms with Gasteiger partial charge in [-0.2, -0.15) is 0 Å². The molecule has 0 aliphatic heterocycles. The summed E-state index contributed by atoms with van der Waals surface area (Å²) in [6, 6.07) is 0. The number of esters is 1. The summed E-state index contributed by atoms with van der Waals surface area (Å²) in [6.07, 6.45) is -8.67. The Morgan fingerprint density at radius 3 is 2.52 bits per heavy atom. The summed E-state index contributed by atoms with van der Waals surface area (Å²) in [5.74, 6) is -3.68. The lowest BCUT2D eigenvalue weighted by atomic mass is 10.1. The number of carbonyl (C=O) groups excluding carboxylic acids is 1. The van der Waals surface area contributed by atoms with Crippen molar-refractivity contribution in [3.8, 4) is 11.5 Å². The van der Waals surface area contributed by atoms with Crippen LogP contribution in [0.5, 0.6) is 11.5 Å². The van der Waals surface area contributed by atoms with Gasteiger partial charge < -0.3 is 14.6 Å². The van der Waals surface area contributed by atoms with E-state index in [4.69, 9.17) is 0 Å². The summed E-state index contributed by atoms with van der Waals surface area (Å²) >= 11 is 0. The molecule has 0 fully saturated rings. The molecule has 0 spiro atoms. The van der Waals surface area contributed by atoms with Crippen LogP contribution in [0.25, 0.3) is 0 Å². The highest BCUT2D eigenvalue weighted by Crippen LogP contribution is 2.40. The zero-order valence-corrected chi connectivity index (χ0v) is 10.6. The third-order valence-electron chi connectivity index (χ3n) is 2.17. The fourth-order valence-electron chi connectivity index (χ4n) is 1.42. The number of aromatic nitrogens is 1. The molecule has 0 aliphatic carbocycles. The molecule has 5 nitrogen and oxygen atoms in total. The van der Waals surface area contributed by atoms with Crippen LogP contribution in [0, 0.1) is 0 Å². The largest absolute Gasteiger partial charge is 0.573 e. The van der Waals surface area contributed by atoms with Crippen LogP contribution in [0.2, 0.25) is 0 Å². The van der Waals surface area contributed by atoms with Crippen molar-refractivity contribution < 1.29 is 41.3 Å². The number of aromatic hydroxyl groups is 1. The Labute approximate surface area is 115 Å². The summed E-state index contributed by atoms with van der Waals surface area (Å²) in [5, 5.41) is 9.43. The summed E-state index contributed by atoms with van der Waals surface area (Å²) in [4.78, 5) is 14.4. The highest BCUT2D eigenvalue weighted by Gasteiger charge is 2.35. The van der Waals surface area contributed by atoms with Crippen molar-refractivity contribution >= 4 is 5.97 Å². The van der Waals surface area contributed by atoms with E-state index in [9.17, 15) is 31.9 Å². The van der Waals surface area contributed by atoms with Crippen molar-refractivity contribution in [3.63, 3.8) is 0 Å². The lowest BCUT2D eigenvalue weighted by Gasteiger charge is -2.15. The minimum Gasteiger partial charge on any atom is -0.503 e. The summed E-state index contributed by atoms with van der Waals surface area (Å²) in [7, 11) is 0. The van der Waals surface area contributed by atoms with Crippen molar-refractivity contribution in [2.45, 2.75) is 26.1 Å². The van der Waals surface area contributed by atoms with E-state index in [0.717, 1.165) is 0 Å². The van der Waals surface area contributed by atoms with Gasteiger partial charge in [-0.3, -0.25) is 9.78 Å². The van der Waals surface area contributed by atoms with Gasteiger partial charge in [0.2, 0.25) is 0 Å². The monoisotopic (exact) mass is 315 g/mol. The lowest BCUT2D eigenvalue weighted by Crippen LogP contribution is -2.20. The second-order valence-corrected chi connectivity index (χ2v) is 3.68. The van der Waals surface area contributed by atoms with E-state index in [1.165, 1.54) is 6.92 Å². The molecule has 0 radical (unpaired) electrons. The van der Waals surface area contributed by atoms with Crippen molar-refractivity contribution in [2.75, 3.05) is 6.61 Å². The Morgan fingerprint density at radius 1 is 1.43 bits per heavy atom. The van der Waals surface area contributed by atoms with Gasteiger partial charge in [-0.1, -0.05) is 0 Å². The van der Waals surface area contributed by atoms with Gasteiger partial charge >= 0.3 is 12.3 Å². The molecule has 10 heteroatoms. The zero-order chi connectivity index (χ0) is 16.2. The molecule has 1 aromatic rings. The third kappa shape index (κ3) is 4.72. The first kappa shape index (κ1) is 16.9. The van der Waals surface area contributed by atoms with Gasteiger partial charge in [-0.25, -0.2) is 8.78 Å². The second kappa shape index (κ2) is 6.55. The first-order valence-corrected chi connectivity index (χ1v) is 5.56. The van der Waals surface area contributed by atoms with Crippen LogP contribution in [-0.2, 0) is 16.0 Å². The van der Waals surface area contributed by atoms with Crippen LogP contribution in [0.3, 0.4) is 0 Å². The van der Waals surface area contributed by atoms with E-state index in [2.05, 4.69) is 14.5 Å². The first-order chi connectivity index (χ1) is 9.65. The van der Waals surface area contributed by atoms with Crippen molar-refractivity contribution in [1.82, 2.24) is 4.98 Å². The molecule has 1 aromatic heterocycles. The zero-order valence-electron chi connectivity index (χ0n) is 10.6. The van der Waals surface area contributed by atoms with Gasteiger partial charge in [0.25, 0.3) is 6.43 Å². The smallest absolute Gasteiger partial charge is 0.503 e. The molecule has 118 valence electrons. The molecule has 0 saturated carbocycles. The Bertz CT molecular complexity index is 518. The topological polar surface area (TPSA) is 68.7 Å². The molecular formula is C11H10F5NO4. The highest BCUT2D eigenvalue weighted by atomic mass is 19.4. The van der Waals surface area contributed by atoms with Crippen LogP contribution in [0.1, 0.15) is 24.6 Å². The predicted octanol–water partition coefficient (Wildman–Crippen LogP) is 2.73. The number of hydrogen-bond acceptors (Lipinski definition) is 5. The van der Waals surface area contributed by atoms with Crippen LogP contribution in [-0.4, -0.2) is 29.0 Å². The number of ether oxygens (including phenoxy) is 2. The highest BCUT2D eigenvalue weighted by molar-refractivity contribution is 5.74. The lowest BCUT2D eigenvalue weighted by molar-refractivity contribution is -0.275. The summed E-state index contributed by atoms with van der Waals surface area (Å²) < 4.78 is 69.8. The number of rotatable bonds is 5. The number of hydrogen-bond donors (Lipinski definition) is 1. The molecule has 1 rings (SSSR count). The maximum absolute atomic E-state index is 12.5. The normalized spacial score (nSPS) is 11.6. The van der Waals surface area contributed by atoms with Crippen LogP contribution in [0.15, 0.2) is 6.20 Å². The van der Waals surface area contributed by atoms with Crippen molar-refractivity contribution in [1.29, 1.82) is 0 Å². The SMILES string of the molecule is CCOC(=O)Cc1cnc(C(F)F)c(O)c1OC(F)(F)F. The molecule has 0 aromatic carbocycles. The van der Waals surface area contributed by atoms with E-state index in [1.54, 1.807) is 0 Å². The molecule has 0 aliphatic rings. The summed E-state index contributed by atoms with van der Waals surface area (Å²) in [6.45, 7) is 1.45. The minimum atomic E-state index is -5.23. The Hall–Kier alpha value is -2.13. The average Bonchev–Trinajstić information content (AvgIpc) is 2.32. The van der Waals surface area contributed by atoms with Crippen LogP contribution < -0.4 is 4.74 Å². The Kier molecular flexibility index (Phi) is 5.28. The number of carbonyl (C=O) groups is 1. The fourth-order valence-corrected chi connectivity index (χ4v) is 1.42. The van der Waals surface area contributed by atoms with Gasteiger partial charge in [-0.05, 0) is 6.92 Å². The molecular weight excluding hydrogens is 305 g/mol. The first-order valence-electron chi connectivity index (χ1n) is 5.56. The second-order valence-electron chi connectivity index (χ2n) is 3.68. The molecule has 0 unspecified atom stereocenters. The van der Waals surface area contributed by atoms with E-state index in [-0.39, 0.29) is 6.61 Å². The average molecular weight is 315 g/mol. The fraction of sp³-hybridized carbons (Fsp3) is 0.455. The third-order valence-corrected chi connectivity index (χ3v) is 2.17. The maximum atomic E-state index is 12.5. The van der Waals surface area contributed by atoms with Gasteiger partial charge in [0, 0.05) is 11.8 Å². The van der Waals surface area contributed by atoms with E-state index < -0.39 is 47.9 Å². The van der Waals surface area contributed by atoms with Crippen LogP contribution in [0.4, 0.5) is 22.0 Å². The molecule has 1 heterocycles. The number of alkyl halides is 5.